The van der Waals surface area contributed by atoms with E-state index in [4.69, 9.17) is 5.26 Å². The van der Waals surface area contributed by atoms with E-state index in [-0.39, 0.29) is 0 Å². The summed E-state index contributed by atoms with van der Waals surface area (Å²) in [6.07, 6.45) is 0.738. The fraction of sp³-hybridized carbons (Fsp3) is 0.0417. The maximum absolute atomic E-state index is 12.2. The Balaban J connectivity index is 1.52. The molecule has 2 heterocycles. The monoisotopic (exact) mass is 471 g/mol. The number of anilines is 2. The van der Waals surface area contributed by atoms with Crippen molar-refractivity contribution in [2.24, 2.45) is 0 Å². The molecule has 0 radical (unpaired) electrons. The quantitative estimate of drug-likeness (QED) is 0.371. The Kier molecular flexibility index (Phi) is 5.58. The van der Waals surface area contributed by atoms with Crippen molar-refractivity contribution in [1.29, 1.82) is 5.26 Å². The number of fused-ring (bicyclic) bond motifs is 2. The van der Waals surface area contributed by atoms with Crippen molar-refractivity contribution in [3.8, 4) is 6.07 Å². The summed E-state index contributed by atoms with van der Waals surface area (Å²) in [5.41, 5.74) is 3.41. The van der Waals surface area contributed by atoms with Crippen molar-refractivity contribution in [2.75, 3.05) is 4.31 Å². The summed E-state index contributed by atoms with van der Waals surface area (Å²) in [6, 6.07) is 22.8. The summed E-state index contributed by atoms with van der Waals surface area (Å²) in [5, 5.41) is 21.0. The summed E-state index contributed by atoms with van der Waals surface area (Å²) < 4.78 is 26.3. The third-order valence-electron chi connectivity index (χ3n) is 5.18. The van der Waals surface area contributed by atoms with Gasteiger partial charge in [0.1, 0.15) is 11.1 Å². The molecule has 0 spiro atoms. The number of aliphatic hydroxyl groups is 1. The first-order valence-electron chi connectivity index (χ1n) is 9.86. The Morgan fingerprint density at radius 1 is 1.03 bits per heavy atom. The van der Waals surface area contributed by atoms with E-state index in [1.807, 2.05) is 6.07 Å². The van der Waals surface area contributed by atoms with Gasteiger partial charge in [0, 0.05) is 11.6 Å². The summed E-state index contributed by atoms with van der Waals surface area (Å²) in [7, 11) is 0. The molecule has 5 aromatic rings. The van der Waals surface area contributed by atoms with Gasteiger partial charge in [-0.1, -0.05) is 18.2 Å². The van der Waals surface area contributed by atoms with Crippen LogP contribution in [0, 0.1) is 11.3 Å². The number of rotatable bonds is 5. The van der Waals surface area contributed by atoms with Crippen molar-refractivity contribution in [3.05, 3.63) is 95.1 Å². The lowest BCUT2D eigenvalue weighted by Gasteiger charge is -2.26. The highest BCUT2D eigenvalue weighted by molar-refractivity contribution is 7.81. The number of aliphatic hydroxyl groups excluding tert-OH is 1. The molecule has 0 amide bonds. The molecule has 2 atom stereocenters. The average molecular weight is 472 g/mol. The largest absolute Gasteiger partial charge is 0.755 e. The van der Waals surface area contributed by atoms with Crippen molar-refractivity contribution in [2.45, 2.75) is 6.10 Å². The zero-order chi connectivity index (χ0) is 22.9. The van der Waals surface area contributed by atoms with Crippen LogP contribution in [0.3, 0.4) is 0 Å². The number of aromatic nitrogens is 2. The molecule has 0 saturated carbocycles. The average Bonchev–Trinajstić information content (AvgIpc) is 3.27. The Bertz CT molecular complexity index is 1540. The van der Waals surface area contributed by atoms with Crippen LogP contribution in [0.5, 0.6) is 0 Å². The van der Waals surface area contributed by atoms with E-state index >= 15 is 0 Å². The van der Waals surface area contributed by atoms with Gasteiger partial charge in [-0.2, -0.15) is 5.26 Å². The summed E-state index contributed by atoms with van der Waals surface area (Å²) in [5.74, 6) is 0. The van der Waals surface area contributed by atoms with Crippen LogP contribution in [0.1, 0.15) is 22.2 Å². The number of nitrogens with zero attached hydrogens (tertiary/aromatic N) is 4. The maximum atomic E-state index is 12.2. The van der Waals surface area contributed by atoms with Crippen molar-refractivity contribution in [3.63, 3.8) is 0 Å². The lowest BCUT2D eigenvalue weighted by atomic mass is 10.1. The second-order valence-corrected chi connectivity index (χ2v) is 9.09. The highest BCUT2D eigenvalue weighted by Crippen LogP contribution is 2.35. The molecule has 33 heavy (non-hydrogen) atoms. The van der Waals surface area contributed by atoms with Gasteiger partial charge in [-0.15, -0.1) is 11.3 Å². The van der Waals surface area contributed by atoms with Gasteiger partial charge < -0.3 is 9.66 Å². The molecule has 0 saturated heterocycles. The molecular formula is C24H15N4O3S2-. The van der Waals surface area contributed by atoms with E-state index in [0.717, 1.165) is 15.6 Å². The van der Waals surface area contributed by atoms with Gasteiger partial charge in [0.25, 0.3) is 0 Å². The zero-order valence-corrected chi connectivity index (χ0v) is 18.6. The van der Waals surface area contributed by atoms with Crippen LogP contribution >= 0.6 is 11.3 Å². The number of nitriles is 1. The van der Waals surface area contributed by atoms with Crippen LogP contribution < -0.4 is 4.31 Å². The van der Waals surface area contributed by atoms with E-state index in [1.165, 1.54) is 15.6 Å². The Morgan fingerprint density at radius 3 is 2.55 bits per heavy atom. The van der Waals surface area contributed by atoms with Gasteiger partial charge >= 0.3 is 0 Å². The lowest BCUT2D eigenvalue weighted by Crippen LogP contribution is -2.19. The Labute approximate surface area is 195 Å². The number of pyridine rings is 1. The van der Waals surface area contributed by atoms with Crippen LogP contribution in [0.15, 0.2) is 79.0 Å². The normalized spacial score (nSPS) is 13.0. The molecule has 9 heteroatoms. The molecule has 0 fully saturated rings. The zero-order valence-electron chi connectivity index (χ0n) is 17.0. The second-order valence-electron chi connectivity index (χ2n) is 7.23. The standard InChI is InChI=1S/C24H16N4O3S2/c25-14-15-3-5-16(6-4-15)23(29)24-27-21-13-19(8-10-22(21)32-24)28(33(30)31)18-7-9-20-17(12-18)2-1-11-26-20/h1-13,23,29H,(H,30,31)/p-1. The molecule has 162 valence electrons. The van der Waals surface area contributed by atoms with Crippen LogP contribution in [0.2, 0.25) is 0 Å². The number of hydrogen-bond donors (Lipinski definition) is 1. The van der Waals surface area contributed by atoms with Crippen LogP contribution in [0.25, 0.3) is 21.1 Å². The molecular weight excluding hydrogens is 456 g/mol. The van der Waals surface area contributed by atoms with Gasteiger partial charge in [0.15, 0.2) is 0 Å². The van der Waals surface area contributed by atoms with E-state index in [2.05, 4.69) is 16.0 Å². The fourth-order valence-electron chi connectivity index (χ4n) is 3.57. The third kappa shape index (κ3) is 4.08. The van der Waals surface area contributed by atoms with Crippen LogP contribution in [0.4, 0.5) is 11.4 Å². The number of benzene rings is 3. The first kappa shape index (κ1) is 21.2. The molecule has 0 aliphatic rings. The molecule has 0 aliphatic heterocycles. The predicted molar refractivity (Wildman–Crippen MR) is 128 cm³/mol. The minimum Gasteiger partial charge on any atom is -0.755 e. The van der Waals surface area contributed by atoms with E-state index in [9.17, 15) is 13.9 Å². The second kappa shape index (κ2) is 8.69. The summed E-state index contributed by atoms with van der Waals surface area (Å²) in [6.45, 7) is 0. The summed E-state index contributed by atoms with van der Waals surface area (Å²) >= 11 is -1.23. The Morgan fingerprint density at radius 2 is 1.79 bits per heavy atom. The number of thiazole rings is 1. The molecule has 3 aromatic carbocycles. The third-order valence-corrected chi connectivity index (χ3v) is 6.99. The molecule has 5 rings (SSSR count). The van der Waals surface area contributed by atoms with Gasteiger partial charge in [0.05, 0.1) is 50.0 Å². The highest BCUT2D eigenvalue weighted by atomic mass is 32.2. The molecule has 1 N–H and O–H groups in total. The summed E-state index contributed by atoms with van der Waals surface area (Å²) in [4.78, 5) is 8.82. The Hall–Kier alpha value is -3.68. The van der Waals surface area contributed by atoms with Gasteiger partial charge in [-0.25, -0.2) is 4.98 Å². The van der Waals surface area contributed by atoms with Crippen LogP contribution in [-0.2, 0) is 11.3 Å². The van der Waals surface area contributed by atoms with E-state index < -0.39 is 17.4 Å². The SMILES string of the molecule is N#Cc1ccc(C(O)c2nc3cc(N(c4ccc5ncccc5c4)S(=O)[O-])ccc3s2)cc1. The van der Waals surface area contributed by atoms with Crippen molar-refractivity contribution >= 4 is 55.1 Å². The smallest absolute Gasteiger partial charge is 0.131 e. The van der Waals surface area contributed by atoms with Gasteiger partial charge in [-0.05, 0) is 60.2 Å². The minimum atomic E-state index is -2.56. The minimum absolute atomic E-state index is 0.434. The molecule has 2 aromatic heterocycles. The van der Waals surface area contributed by atoms with Gasteiger partial charge in [-0.3, -0.25) is 13.5 Å². The first-order valence-corrected chi connectivity index (χ1v) is 11.7. The van der Waals surface area contributed by atoms with E-state index in [1.54, 1.807) is 72.9 Å². The fourth-order valence-corrected chi connectivity index (χ4v) is 5.10. The van der Waals surface area contributed by atoms with Crippen molar-refractivity contribution < 1.29 is 13.9 Å². The van der Waals surface area contributed by atoms with Gasteiger partial charge in [0.2, 0.25) is 0 Å². The molecule has 0 bridgehead atoms. The predicted octanol–water partition coefficient (Wildman–Crippen LogP) is 4.73. The topological polar surface area (TPSA) is 113 Å². The molecule has 7 nitrogen and oxygen atoms in total. The molecule has 2 unspecified atom stereocenters. The first-order chi connectivity index (χ1) is 16.0. The highest BCUT2D eigenvalue weighted by Gasteiger charge is 2.18. The van der Waals surface area contributed by atoms with E-state index in [0.29, 0.717) is 33.0 Å². The van der Waals surface area contributed by atoms with Crippen LogP contribution in [-0.4, -0.2) is 23.8 Å². The molecule has 0 aliphatic carbocycles. The lowest BCUT2D eigenvalue weighted by molar-refractivity contribution is 0.220. The maximum Gasteiger partial charge on any atom is 0.131 e. The number of hydrogen-bond acceptors (Lipinski definition) is 7. The van der Waals surface area contributed by atoms with Crippen molar-refractivity contribution in [1.82, 2.24) is 9.97 Å².